The maximum Gasteiger partial charge on any atom is 0.263 e. The minimum Gasteiger partial charge on any atom is -0.470 e. The summed E-state index contributed by atoms with van der Waals surface area (Å²) in [5, 5.41) is 12.1. The fraction of sp³-hybridized carbons (Fsp3) is 0.188. The minimum atomic E-state index is -2.50. The van der Waals surface area contributed by atoms with Crippen LogP contribution in [0.3, 0.4) is 0 Å². The van der Waals surface area contributed by atoms with E-state index in [4.69, 9.17) is 16.3 Å². The summed E-state index contributed by atoms with van der Waals surface area (Å²) in [6, 6.07) is 9.15. The second-order valence-corrected chi connectivity index (χ2v) is 5.45. The third-order valence-corrected chi connectivity index (χ3v) is 3.63. The van der Waals surface area contributed by atoms with Gasteiger partial charge < -0.3 is 4.74 Å². The Morgan fingerprint density at radius 1 is 1.12 bits per heavy atom. The molecule has 0 unspecified atom stereocenters. The van der Waals surface area contributed by atoms with Crippen molar-refractivity contribution in [2.24, 2.45) is 0 Å². The first kappa shape index (κ1) is 16.3. The molecule has 3 rings (SSSR count). The van der Waals surface area contributed by atoms with Crippen molar-refractivity contribution in [1.29, 1.82) is 0 Å². The van der Waals surface area contributed by atoms with E-state index in [1.807, 2.05) is 6.92 Å². The molecule has 0 atom stereocenters. The van der Waals surface area contributed by atoms with E-state index in [1.165, 1.54) is 12.1 Å². The molecule has 0 saturated carbocycles. The van der Waals surface area contributed by atoms with Crippen LogP contribution in [0.25, 0.3) is 5.69 Å². The number of hydrogen-bond acceptors (Lipinski definition) is 4. The monoisotopic (exact) mass is 350 g/mol. The van der Waals surface area contributed by atoms with Crippen molar-refractivity contribution in [3.05, 3.63) is 64.6 Å². The number of hydrogen-bond donors (Lipinski definition) is 0. The van der Waals surface area contributed by atoms with Crippen LogP contribution in [0.1, 0.15) is 23.2 Å². The fourth-order valence-corrected chi connectivity index (χ4v) is 2.24. The lowest BCUT2D eigenvalue weighted by Crippen LogP contribution is -2.07. The number of aromatic nitrogens is 4. The van der Waals surface area contributed by atoms with E-state index in [9.17, 15) is 8.78 Å². The SMILES string of the molecule is Cc1cnn(-c2ccc(C(F)F)cc2)c1COc1ccc(Cl)nn1. The number of aryl methyl sites for hydroxylation is 1. The highest BCUT2D eigenvalue weighted by atomic mass is 35.5. The summed E-state index contributed by atoms with van der Waals surface area (Å²) in [6.07, 6.45) is -0.808. The van der Waals surface area contributed by atoms with Crippen molar-refractivity contribution in [3.8, 4) is 11.6 Å². The van der Waals surface area contributed by atoms with Gasteiger partial charge in [-0.15, -0.1) is 10.2 Å². The van der Waals surface area contributed by atoms with Crippen LogP contribution in [0.2, 0.25) is 5.15 Å². The first-order valence-corrected chi connectivity index (χ1v) is 7.46. The maximum atomic E-state index is 12.7. The second-order valence-electron chi connectivity index (χ2n) is 5.06. The highest BCUT2D eigenvalue weighted by Crippen LogP contribution is 2.22. The van der Waals surface area contributed by atoms with E-state index in [0.29, 0.717) is 11.6 Å². The van der Waals surface area contributed by atoms with Crippen LogP contribution in [0.15, 0.2) is 42.6 Å². The Labute approximate surface area is 141 Å². The van der Waals surface area contributed by atoms with Gasteiger partial charge >= 0.3 is 0 Å². The van der Waals surface area contributed by atoms with Gasteiger partial charge in [0.15, 0.2) is 5.15 Å². The maximum absolute atomic E-state index is 12.7. The lowest BCUT2D eigenvalue weighted by Gasteiger charge is -2.10. The molecule has 0 spiro atoms. The zero-order chi connectivity index (χ0) is 17.1. The number of rotatable bonds is 5. The molecular formula is C16H13ClF2N4O. The van der Waals surface area contributed by atoms with Gasteiger partial charge in [-0.1, -0.05) is 23.7 Å². The Kier molecular flexibility index (Phi) is 4.71. The van der Waals surface area contributed by atoms with Gasteiger partial charge in [0.2, 0.25) is 5.88 Å². The molecule has 0 aliphatic carbocycles. The highest BCUT2D eigenvalue weighted by molar-refractivity contribution is 6.29. The van der Waals surface area contributed by atoms with Gasteiger partial charge in [0.05, 0.1) is 17.6 Å². The molecule has 124 valence electrons. The van der Waals surface area contributed by atoms with Gasteiger partial charge in [0.25, 0.3) is 6.43 Å². The van der Waals surface area contributed by atoms with Crippen molar-refractivity contribution in [2.45, 2.75) is 20.0 Å². The summed E-state index contributed by atoms with van der Waals surface area (Å²) in [5.74, 6) is 0.333. The van der Waals surface area contributed by atoms with E-state index in [-0.39, 0.29) is 17.3 Å². The number of benzene rings is 1. The molecule has 0 fully saturated rings. The standard InChI is InChI=1S/C16H13ClF2N4O/c1-10-8-20-23(12-4-2-11(3-5-12)16(18)19)13(10)9-24-15-7-6-14(17)21-22-15/h2-8,16H,9H2,1H3. The van der Waals surface area contributed by atoms with Crippen LogP contribution in [0.5, 0.6) is 5.88 Å². The highest BCUT2D eigenvalue weighted by Gasteiger charge is 2.12. The molecular weight excluding hydrogens is 338 g/mol. The van der Waals surface area contributed by atoms with Crippen molar-refractivity contribution < 1.29 is 13.5 Å². The van der Waals surface area contributed by atoms with Crippen LogP contribution >= 0.6 is 11.6 Å². The molecule has 24 heavy (non-hydrogen) atoms. The van der Waals surface area contributed by atoms with Crippen LogP contribution in [-0.2, 0) is 6.61 Å². The van der Waals surface area contributed by atoms with Crippen LogP contribution in [0, 0.1) is 6.92 Å². The number of nitrogens with zero attached hydrogens (tertiary/aromatic N) is 4. The lowest BCUT2D eigenvalue weighted by atomic mass is 10.2. The van der Waals surface area contributed by atoms with Gasteiger partial charge in [-0.3, -0.25) is 0 Å². The Balaban J connectivity index is 1.81. The lowest BCUT2D eigenvalue weighted by molar-refractivity contribution is 0.151. The molecule has 8 heteroatoms. The Morgan fingerprint density at radius 2 is 1.88 bits per heavy atom. The topological polar surface area (TPSA) is 52.8 Å². The minimum absolute atomic E-state index is 0.0307. The molecule has 2 heterocycles. The second kappa shape index (κ2) is 6.92. The predicted molar refractivity (Wildman–Crippen MR) is 84.6 cm³/mol. The van der Waals surface area contributed by atoms with Gasteiger partial charge in [-0.25, -0.2) is 13.5 Å². The molecule has 0 radical (unpaired) electrons. The molecule has 0 saturated heterocycles. The van der Waals surface area contributed by atoms with Crippen LogP contribution < -0.4 is 4.74 Å². The van der Waals surface area contributed by atoms with E-state index < -0.39 is 6.43 Å². The summed E-state index contributed by atoms with van der Waals surface area (Å²) in [4.78, 5) is 0. The van der Waals surface area contributed by atoms with Crippen molar-refractivity contribution in [1.82, 2.24) is 20.0 Å². The number of halogens is 3. The third-order valence-electron chi connectivity index (χ3n) is 3.43. The van der Waals surface area contributed by atoms with E-state index in [0.717, 1.165) is 11.3 Å². The molecule has 5 nitrogen and oxygen atoms in total. The summed E-state index contributed by atoms with van der Waals surface area (Å²) in [6.45, 7) is 2.10. The normalized spacial score (nSPS) is 11.0. The van der Waals surface area contributed by atoms with Gasteiger partial charge in [0, 0.05) is 11.6 Å². The van der Waals surface area contributed by atoms with E-state index >= 15 is 0 Å². The van der Waals surface area contributed by atoms with Crippen molar-refractivity contribution in [2.75, 3.05) is 0 Å². The Hall–Kier alpha value is -2.54. The molecule has 0 amide bonds. The quantitative estimate of drug-likeness (QED) is 0.694. The largest absolute Gasteiger partial charge is 0.470 e. The summed E-state index contributed by atoms with van der Waals surface area (Å²) in [5.41, 5.74) is 2.34. The van der Waals surface area contributed by atoms with Crippen LogP contribution in [0.4, 0.5) is 8.78 Å². The molecule has 0 N–H and O–H groups in total. The third kappa shape index (κ3) is 3.51. The van der Waals surface area contributed by atoms with Gasteiger partial charge in [-0.05, 0) is 30.7 Å². The molecule has 2 aromatic heterocycles. The summed E-state index contributed by atoms with van der Waals surface area (Å²) < 4.78 is 32.6. The van der Waals surface area contributed by atoms with Gasteiger partial charge in [-0.2, -0.15) is 5.10 Å². The summed E-state index contributed by atoms with van der Waals surface area (Å²) in [7, 11) is 0. The molecule has 0 aliphatic rings. The molecule has 1 aromatic carbocycles. The smallest absolute Gasteiger partial charge is 0.263 e. The fourth-order valence-electron chi connectivity index (χ4n) is 2.14. The first-order valence-electron chi connectivity index (χ1n) is 7.08. The van der Waals surface area contributed by atoms with Crippen LogP contribution in [-0.4, -0.2) is 20.0 Å². The molecule has 0 bridgehead atoms. The molecule has 3 aromatic rings. The average molecular weight is 351 g/mol. The Morgan fingerprint density at radius 3 is 2.50 bits per heavy atom. The number of ether oxygens (including phenoxy) is 1. The van der Waals surface area contributed by atoms with Crippen molar-refractivity contribution >= 4 is 11.6 Å². The zero-order valence-corrected chi connectivity index (χ0v) is 13.4. The van der Waals surface area contributed by atoms with Crippen molar-refractivity contribution in [3.63, 3.8) is 0 Å². The predicted octanol–water partition coefficient (Wildman–Crippen LogP) is 4.14. The Bertz CT molecular complexity index is 819. The first-order chi connectivity index (χ1) is 11.5. The van der Waals surface area contributed by atoms with E-state index in [1.54, 1.807) is 35.1 Å². The molecule has 0 aliphatic heterocycles. The zero-order valence-electron chi connectivity index (χ0n) is 12.7. The van der Waals surface area contributed by atoms with Gasteiger partial charge in [0.1, 0.15) is 6.61 Å². The number of alkyl halides is 2. The average Bonchev–Trinajstić information content (AvgIpc) is 2.95. The summed E-state index contributed by atoms with van der Waals surface area (Å²) >= 11 is 5.68. The van der Waals surface area contributed by atoms with E-state index in [2.05, 4.69) is 15.3 Å².